The Bertz CT molecular complexity index is 181. The van der Waals surface area contributed by atoms with Crippen LogP contribution in [0.15, 0.2) is 11.1 Å². The van der Waals surface area contributed by atoms with Crippen molar-refractivity contribution in [2.45, 2.75) is 53.1 Å². The van der Waals surface area contributed by atoms with E-state index in [1.54, 1.807) is 0 Å². The van der Waals surface area contributed by atoms with E-state index in [9.17, 15) is 0 Å². The van der Waals surface area contributed by atoms with Crippen LogP contribution in [0.2, 0.25) is 0 Å². The Morgan fingerprint density at radius 1 is 1.23 bits per heavy atom. The predicted molar refractivity (Wildman–Crippen MR) is 56.8 cm³/mol. The summed E-state index contributed by atoms with van der Waals surface area (Å²) < 4.78 is 5.80. The molecule has 1 atom stereocenters. The van der Waals surface area contributed by atoms with Crippen LogP contribution in [0.4, 0.5) is 0 Å². The standard InChI is InChI=1S/C12H22O/c1-9(2)12(10(3)4)11-7-5-6-8-13-11/h9,11H,5-8H2,1-4H3. The van der Waals surface area contributed by atoms with E-state index in [2.05, 4.69) is 27.7 Å². The fourth-order valence-corrected chi connectivity index (χ4v) is 2.26. The summed E-state index contributed by atoms with van der Waals surface area (Å²) >= 11 is 0. The zero-order valence-electron chi connectivity index (χ0n) is 9.39. The van der Waals surface area contributed by atoms with E-state index in [4.69, 9.17) is 4.74 Å². The second-order valence-electron chi connectivity index (χ2n) is 4.47. The Labute approximate surface area is 82.2 Å². The fourth-order valence-electron chi connectivity index (χ4n) is 2.26. The van der Waals surface area contributed by atoms with Crippen LogP contribution < -0.4 is 0 Å². The summed E-state index contributed by atoms with van der Waals surface area (Å²) in [5, 5.41) is 0. The molecule has 1 rings (SSSR count). The molecule has 0 aromatic carbocycles. The molecule has 0 bridgehead atoms. The topological polar surface area (TPSA) is 9.23 Å². The molecule has 1 aliphatic heterocycles. The Morgan fingerprint density at radius 2 is 1.92 bits per heavy atom. The average Bonchev–Trinajstić information content (AvgIpc) is 2.04. The average molecular weight is 182 g/mol. The lowest BCUT2D eigenvalue weighted by Gasteiger charge is -2.28. The van der Waals surface area contributed by atoms with Crippen molar-refractivity contribution in [3.63, 3.8) is 0 Å². The van der Waals surface area contributed by atoms with Crippen molar-refractivity contribution >= 4 is 0 Å². The van der Waals surface area contributed by atoms with Gasteiger partial charge in [-0.1, -0.05) is 19.4 Å². The van der Waals surface area contributed by atoms with Gasteiger partial charge in [0.2, 0.25) is 0 Å². The number of hydrogen-bond acceptors (Lipinski definition) is 1. The molecule has 0 aromatic heterocycles. The molecule has 13 heavy (non-hydrogen) atoms. The first-order chi connectivity index (χ1) is 6.13. The Morgan fingerprint density at radius 3 is 2.31 bits per heavy atom. The molecule has 0 saturated carbocycles. The molecule has 1 aliphatic rings. The molecule has 0 radical (unpaired) electrons. The van der Waals surface area contributed by atoms with Crippen LogP contribution in [0, 0.1) is 5.92 Å². The first kappa shape index (κ1) is 10.8. The highest BCUT2D eigenvalue weighted by molar-refractivity contribution is 5.17. The lowest BCUT2D eigenvalue weighted by Crippen LogP contribution is -2.24. The van der Waals surface area contributed by atoms with Crippen LogP contribution in [-0.2, 0) is 4.74 Å². The van der Waals surface area contributed by atoms with Gasteiger partial charge in [0.1, 0.15) is 0 Å². The molecule has 0 spiro atoms. The molecule has 1 saturated heterocycles. The summed E-state index contributed by atoms with van der Waals surface area (Å²) in [5.41, 5.74) is 2.97. The lowest BCUT2D eigenvalue weighted by molar-refractivity contribution is 0.0337. The first-order valence-corrected chi connectivity index (χ1v) is 5.41. The van der Waals surface area contributed by atoms with Crippen LogP contribution in [0.5, 0.6) is 0 Å². The van der Waals surface area contributed by atoms with E-state index in [0.29, 0.717) is 12.0 Å². The molecular formula is C12H22O. The molecular weight excluding hydrogens is 160 g/mol. The molecule has 0 aromatic rings. The first-order valence-electron chi connectivity index (χ1n) is 5.41. The summed E-state index contributed by atoms with van der Waals surface area (Å²) in [6.07, 6.45) is 4.20. The van der Waals surface area contributed by atoms with Gasteiger partial charge in [0.05, 0.1) is 6.10 Å². The van der Waals surface area contributed by atoms with Crippen molar-refractivity contribution in [2.24, 2.45) is 5.92 Å². The monoisotopic (exact) mass is 182 g/mol. The minimum Gasteiger partial charge on any atom is -0.374 e. The highest BCUT2D eigenvalue weighted by Gasteiger charge is 2.21. The quantitative estimate of drug-likeness (QED) is 0.593. The highest BCUT2D eigenvalue weighted by atomic mass is 16.5. The zero-order valence-corrected chi connectivity index (χ0v) is 9.39. The summed E-state index contributed by atoms with van der Waals surface area (Å²) in [4.78, 5) is 0. The predicted octanol–water partition coefficient (Wildman–Crippen LogP) is 3.55. The molecule has 1 fully saturated rings. The lowest BCUT2D eigenvalue weighted by atomic mass is 9.90. The number of rotatable bonds is 2. The van der Waals surface area contributed by atoms with Crippen molar-refractivity contribution in [1.82, 2.24) is 0 Å². The van der Waals surface area contributed by atoms with Crippen LogP contribution >= 0.6 is 0 Å². The van der Waals surface area contributed by atoms with E-state index >= 15 is 0 Å². The second kappa shape index (κ2) is 4.80. The normalized spacial score (nSPS) is 23.3. The molecule has 0 N–H and O–H groups in total. The van der Waals surface area contributed by atoms with E-state index < -0.39 is 0 Å². The van der Waals surface area contributed by atoms with Gasteiger partial charge in [0, 0.05) is 6.61 Å². The SMILES string of the molecule is CC(C)=C(C(C)C)C1CCCCO1. The van der Waals surface area contributed by atoms with Gasteiger partial charge in [-0.2, -0.15) is 0 Å². The maximum Gasteiger partial charge on any atom is 0.0789 e. The van der Waals surface area contributed by atoms with Gasteiger partial charge >= 0.3 is 0 Å². The molecule has 1 heteroatoms. The van der Waals surface area contributed by atoms with Crippen LogP contribution in [0.25, 0.3) is 0 Å². The molecule has 1 heterocycles. The third kappa shape index (κ3) is 2.84. The third-order valence-corrected chi connectivity index (χ3v) is 2.73. The van der Waals surface area contributed by atoms with Gasteiger partial charge in [-0.25, -0.2) is 0 Å². The van der Waals surface area contributed by atoms with Gasteiger partial charge in [-0.3, -0.25) is 0 Å². The van der Waals surface area contributed by atoms with Crippen molar-refractivity contribution in [1.29, 1.82) is 0 Å². The van der Waals surface area contributed by atoms with E-state index in [0.717, 1.165) is 6.61 Å². The minimum atomic E-state index is 0.416. The smallest absolute Gasteiger partial charge is 0.0789 e. The molecule has 1 unspecified atom stereocenters. The molecule has 0 amide bonds. The summed E-state index contributed by atoms with van der Waals surface area (Å²) in [6, 6.07) is 0. The number of ether oxygens (including phenoxy) is 1. The van der Waals surface area contributed by atoms with E-state index in [1.807, 2.05) is 0 Å². The largest absolute Gasteiger partial charge is 0.374 e. The summed E-state index contributed by atoms with van der Waals surface area (Å²) in [7, 11) is 0. The third-order valence-electron chi connectivity index (χ3n) is 2.73. The van der Waals surface area contributed by atoms with Crippen LogP contribution in [0.1, 0.15) is 47.0 Å². The maximum absolute atomic E-state index is 5.80. The number of allylic oxidation sites excluding steroid dienone is 1. The Kier molecular flexibility index (Phi) is 3.98. The van der Waals surface area contributed by atoms with Crippen LogP contribution in [0.3, 0.4) is 0 Å². The molecule has 0 aliphatic carbocycles. The van der Waals surface area contributed by atoms with Gasteiger partial charge < -0.3 is 4.74 Å². The fraction of sp³-hybridized carbons (Fsp3) is 0.833. The zero-order chi connectivity index (χ0) is 9.84. The summed E-state index contributed by atoms with van der Waals surface area (Å²) in [5.74, 6) is 0.632. The maximum atomic E-state index is 5.80. The van der Waals surface area contributed by atoms with Crippen molar-refractivity contribution in [3.05, 3.63) is 11.1 Å². The summed E-state index contributed by atoms with van der Waals surface area (Å²) in [6.45, 7) is 9.88. The van der Waals surface area contributed by atoms with E-state index in [-0.39, 0.29) is 0 Å². The van der Waals surface area contributed by atoms with Gasteiger partial charge in [-0.05, 0) is 44.6 Å². The highest BCUT2D eigenvalue weighted by Crippen LogP contribution is 2.27. The number of hydrogen-bond donors (Lipinski definition) is 0. The molecule has 1 nitrogen and oxygen atoms in total. The second-order valence-corrected chi connectivity index (χ2v) is 4.47. The van der Waals surface area contributed by atoms with Gasteiger partial charge in [0.15, 0.2) is 0 Å². The van der Waals surface area contributed by atoms with E-state index in [1.165, 1.54) is 30.4 Å². The van der Waals surface area contributed by atoms with Gasteiger partial charge in [0.25, 0.3) is 0 Å². The Balaban J connectivity index is 2.69. The molecule has 76 valence electrons. The van der Waals surface area contributed by atoms with Crippen molar-refractivity contribution < 1.29 is 4.74 Å². The van der Waals surface area contributed by atoms with Crippen molar-refractivity contribution in [3.8, 4) is 0 Å². The van der Waals surface area contributed by atoms with Crippen molar-refractivity contribution in [2.75, 3.05) is 6.61 Å². The minimum absolute atomic E-state index is 0.416. The van der Waals surface area contributed by atoms with Gasteiger partial charge in [-0.15, -0.1) is 0 Å². The Hall–Kier alpha value is -0.300. The van der Waals surface area contributed by atoms with Crippen LogP contribution in [-0.4, -0.2) is 12.7 Å².